The Morgan fingerprint density at radius 2 is 1.83 bits per heavy atom. The molecule has 96 valence electrons. The van der Waals surface area contributed by atoms with Crippen molar-refractivity contribution in [2.75, 3.05) is 6.61 Å². The molecule has 0 radical (unpaired) electrons. The molecule has 0 bridgehead atoms. The summed E-state index contributed by atoms with van der Waals surface area (Å²) in [7, 11) is 0. The number of hydrogen-bond donors (Lipinski definition) is 1. The number of aryl methyl sites for hydroxylation is 2. The van der Waals surface area contributed by atoms with Gasteiger partial charge < -0.3 is 10.1 Å². The molecule has 1 unspecified atom stereocenters. The second kappa shape index (κ2) is 4.27. The molecular weight excluding hydrogens is 222 g/mol. The lowest BCUT2D eigenvalue weighted by Gasteiger charge is -2.19. The molecule has 2 aliphatic carbocycles. The molecule has 2 nitrogen and oxygen atoms in total. The van der Waals surface area contributed by atoms with Crippen LogP contribution in [0.5, 0.6) is 5.75 Å². The highest BCUT2D eigenvalue weighted by atomic mass is 16.5. The molecule has 1 saturated carbocycles. The van der Waals surface area contributed by atoms with Crippen molar-refractivity contribution in [2.24, 2.45) is 0 Å². The van der Waals surface area contributed by atoms with Gasteiger partial charge in [0.25, 0.3) is 0 Å². The largest absolute Gasteiger partial charge is 0.493 e. The maximum atomic E-state index is 5.97. The van der Waals surface area contributed by atoms with Crippen LogP contribution >= 0.6 is 0 Å². The second-order valence-corrected chi connectivity index (χ2v) is 6.00. The zero-order valence-electron chi connectivity index (χ0n) is 10.9. The summed E-state index contributed by atoms with van der Waals surface area (Å²) in [6, 6.07) is 6.06. The van der Waals surface area contributed by atoms with Crippen molar-refractivity contribution in [3.05, 3.63) is 28.8 Å². The SMILES string of the molecule is c1c2c(cc3c1OCCCC3NC1CC1)CCC2. The van der Waals surface area contributed by atoms with Gasteiger partial charge in [0.15, 0.2) is 0 Å². The van der Waals surface area contributed by atoms with E-state index in [-0.39, 0.29) is 0 Å². The van der Waals surface area contributed by atoms with Crippen LogP contribution in [0, 0.1) is 0 Å². The first kappa shape index (κ1) is 10.9. The third-order valence-corrected chi connectivity index (χ3v) is 4.51. The van der Waals surface area contributed by atoms with Crippen molar-refractivity contribution in [3.8, 4) is 5.75 Å². The number of rotatable bonds is 2. The van der Waals surface area contributed by atoms with Gasteiger partial charge in [0, 0.05) is 17.6 Å². The highest BCUT2D eigenvalue weighted by Gasteiger charge is 2.29. The fraction of sp³-hybridized carbons (Fsp3) is 0.625. The van der Waals surface area contributed by atoms with Crippen molar-refractivity contribution in [1.29, 1.82) is 0 Å². The maximum absolute atomic E-state index is 5.97. The van der Waals surface area contributed by atoms with Gasteiger partial charge >= 0.3 is 0 Å². The molecule has 0 aromatic heterocycles. The van der Waals surface area contributed by atoms with Crippen LogP contribution in [0.1, 0.15) is 54.8 Å². The third kappa shape index (κ3) is 1.93. The summed E-state index contributed by atoms with van der Waals surface area (Å²) in [5, 5.41) is 3.80. The molecule has 1 aromatic carbocycles. The molecule has 1 atom stereocenters. The highest BCUT2D eigenvalue weighted by molar-refractivity contribution is 5.46. The van der Waals surface area contributed by atoms with Gasteiger partial charge in [0.1, 0.15) is 5.75 Å². The first-order chi connectivity index (χ1) is 8.90. The van der Waals surface area contributed by atoms with E-state index in [2.05, 4.69) is 17.4 Å². The molecular formula is C16H21NO. The fourth-order valence-electron chi connectivity index (χ4n) is 3.35. The highest BCUT2D eigenvalue weighted by Crippen LogP contribution is 2.38. The topological polar surface area (TPSA) is 21.3 Å². The quantitative estimate of drug-likeness (QED) is 0.861. The van der Waals surface area contributed by atoms with E-state index >= 15 is 0 Å². The summed E-state index contributed by atoms with van der Waals surface area (Å²) in [4.78, 5) is 0. The predicted octanol–water partition coefficient (Wildman–Crippen LogP) is 3.14. The molecule has 18 heavy (non-hydrogen) atoms. The Morgan fingerprint density at radius 3 is 2.67 bits per heavy atom. The zero-order valence-corrected chi connectivity index (χ0v) is 10.9. The molecule has 1 aromatic rings. The van der Waals surface area contributed by atoms with Crippen molar-refractivity contribution >= 4 is 0 Å². The monoisotopic (exact) mass is 243 g/mol. The Morgan fingerprint density at radius 1 is 1.00 bits per heavy atom. The van der Waals surface area contributed by atoms with E-state index in [0.29, 0.717) is 6.04 Å². The van der Waals surface area contributed by atoms with Crippen LogP contribution in [0.2, 0.25) is 0 Å². The van der Waals surface area contributed by atoms with Gasteiger partial charge in [-0.05, 0) is 62.1 Å². The third-order valence-electron chi connectivity index (χ3n) is 4.51. The van der Waals surface area contributed by atoms with Gasteiger partial charge in [-0.15, -0.1) is 0 Å². The molecule has 1 fully saturated rings. The van der Waals surface area contributed by atoms with E-state index < -0.39 is 0 Å². The van der Waals surface area contributed by atoms with Gasteiger partial charge in [0.2, 0.25) is 0 Å². The summed E-state index contributed by atoms with van der Waals surface area (Å²) in [6.45, 7) is 0.884. The van der Waals surface area contributed by atoms with Gasteiger partial charge in [-0.25, -0.2) is 0 Å². The van der Waals surface area contributed by atoms with E-state index in [9.17, 15) is 0 Å². The minimum atomic E-state index is 0.529. The lowest BCUT2D eigenvalue weighted by molar-refractivity contribution is 0.315. The van der Waals surface area contributed by atoms with Gasteiger partial charge in [0.05, 0.1) is 6.61 Å². The average molecular weight is 243 g/mol. The fourth-order valence-corrected chi connectivity index (χ4v) is 3.35. The molecule has 3 aliphatic rings. The molecule has 0 spiro atoms. The van der Waals surface area contributed by atoms with Crippen LogP contribution in [0.3, 0.4) is 0 Å². The van der Waals surface area contributed by atoms with Crippen LogP contribution in [0.15, 0.2) is 12.1 Å². The number of hydrogen-bond acceptors (Lipinski definition) is 2. The average Bonchev–Trinajstić information content (AvgIpc) is 3.11. The standard InChI is InChI=1S/C16H21NO/c1-3-11-9-14-15(17-13-6-7-13)5-2-8-18-16(14)10-12(11)4-1/h9-10,13,15,17H,1-8H2. The molecule has 1 heterocycles. The minimum absolute atomic E-state index is 0.529. The summed E-state index contributed by atoms with van der Waals surface area (Å²) >= 11 is 0. The summed E-state index contributed by atoms with van der Waals surface area (Å²) < 4.78 is 5.97. The Labute approximate surface area is 109 Å². The molecule has 2 heteroatoms. The summed E-state index contributed by atoms with van der Waals surface area (Å²) in [6.07, 6.45) is 8.94. The van der Waals surface area contributed by atoms with E-state index in [0.717, 1.165) is 18.4 Å². The van der Waals surface area contributed by atoms with Crippen molar-refractivity contribution in [3.63, 3.8) is 0 Å². The molecule has 1 N–H and O–H groups in total. The van der Waals surface area contributed by atoms with Crippen LogP contribution in [0.4, 0.5) is 0 Å². The van der Waals surface area contributed by atoms with Crippen molar-refractivity contribution in [2.45, 2.75) is 57.0 Å². The zero-order chi connectivity index (χ0) is 11.9. The Balaban J connectivity index is 1.71. The summed E-state index contributed by atoms with van der Waals surface area (Å²) in [5.74, 6) is 1.16. The normalized spacial score (nSPS) is 26.1. The number of ether oxygens (including phenoxy) is 1. The van der Waals surface area contributed by atoms with E-state index in [4.69, 9.17) is 4.74 Å². The van der Waals surface area contributed by atoms with Gasteiger partial charge in [-0.3, -0.25) is 0 Å². The first-order valence-corrected chi connectivity index (χ1v) is 7.45. The Kier molecular flexibility index (Phi) is 2.58. The molecule has 1 aliphatic heterocycles. The van der Waals surface area contributed by atoms with Crippen molar-refractivity contribution < 1.29 is 4.74 Å². The van der Waals surface area contributed by atoms with Gasteiger partial charge in [-0.2, -0.15) is 0 Å². The Bertz CT molecular complexity index is 464. The van der Waals surface area contributed by atoms with Crippen LogP contribution in [0.25, 0.3) is 0 Å². The second-order valence-electron chi connectivity index (χ2n) is 6.00. The smallest absolute Gasteiger partial charge is 0.124 e. The first-order valence-electron chi connectivity index (χ1n) is 7.45. The number of fused-ring (bicyclic) bond motifs is 2. The summed E-state index contributed by atoms with van der Waals surface area (Å²) in [5.41, 5.74) is 4.53. The molecule has 4 rings (SSSR count). The lowest BCUT2D eigenvalue weighted by Crippen LogP contribution is -2.23. The van der Waals surface area contributed by atoms with E-state index in [1.54, 1.807) is 5.56 Å². The van der Waals surface area contributed by atoms with Crippen molar-refractivity contribution in [1.82, 2.24) is 5.32 Å². The Hall–Kier alpha value is -1.02. The minimum Gasteiger partial charge on any atom is -0.493 e. The molecule has 0 saturated heterocycles. The van der Waals surface area contributed by atoms with Crippen LogP contribution in [-0.2, 0) is 12.8 Å². The van der Waals surface area contributed by atoms with Crippen LogP contribution < -0.4 is 10.1 Å². The van der Waals surface area contributed by atoms with E-state index in [1.807, 2.05) is 0 Å². The van der Waals surface area contributed by atoms with E-state index in [1.165, 1.54) is 56.1 Å². The van der Waals surface area contributed by atoms with Gasteiger partial charge in [-0.1, -0.05) is 6.07 Å². The number of nitrogens with one attached hydrogen (secondary N) is 1. The van der Waals surface area contributed by atoms with Crippen LogP contribution in [-0.4, -0.2) is 12.6 Å². The molecule has 0 amide bonds. The lowest BCUT2D eigenvalue weighted by atomic mass is 9.97. The predicted molar refractivity (Wildman–Crippen MR) is 72.1 cm³/mol. The number of benzene rings is 1. The maximum Gasteiger partial charge on any atom is 0.124 e.